The number of benzene rings is 2. The molecule has 2 heterocycles. The first-order valence-corrected chi connectivity index (χ1v) is 11.1. The van der Waals surface area contributed by atoms with Crippen LogP contribution in [0, 0.1) is 0 Å². The van der Waals surface area contributed by atoms with Crippen molar-refractivity contribution < 1.29 is 14.3 Å². The van der Waals surface area contributed by atoms with Crippen LogP contribution in [0.3, 0.4) is 0 Å². The second kappa shape index (κ2) is 9.87. The summed E-state index contributed by atoms with van der Waals surface area (Å²) in [4.78, 5) is 16.4. The highest BCUT2D eigenvalue weighted by Gasteiger charge is 2.20. The standard InChI is InChI=1S/C25H30N4O3/c1-3-16-6-4-5-7-20(16)29-25-17(12-24(26)30)15-28-21-14-22(31-2)23(13-19(21)25)32-18-8-10-27-11-9-18/h4-7,13-15,18,27H,3,8-12H2,1-2H3,(H2,26,30)(H,28,29). The number of hydrogen-bond acceptors (Lipinski definition) is 6. The monoisotopic (exact) mass is 434 g/mol. The van der Waals surface area contributed by atoms with Crippen molar-refractivity contribution in [1.82, 2.24) is 10.3 Å². The van der Waals surface area contributed by atoms with Crippen LogP contribution in [-0.2, 0) is 17.6 Å². The first-order valence-electron chi connectivity index (χ1n) is 11.1. The van der Waals surface area contributed by atoms with Crippen molar-refractivity contribution >= 4 is 28.2 Å². The maximum absolute atomic E-state index is 11.8. The molecule has 1 saturated heterocycles. The number of nitrogens with two attached hydrogens (primary N) is 1. The number of amides is 1. The third-order valence-electron chi connectivity index (χ3n) is 5.83. The number of anilines is 2. The number of carbonyl (C=O) groups is 1. The van der Waals surface area contributed by atoms with E-state index in [4.69, 9.17) is 15.2 Å². The Kier molecular flexibility index (Phi) is 6.75. The zero-order valence-corrected chi connectivity index (χ0v) is 18.6. The minimum absolute atomic E-state index is 0.0933. The Balaban J connectivity index is 1.83. The summed E-state index contributed by atoms with van der Waals surface area (Å²) in [5, 5.41) is 7.77. The molecule has 3 aromatic rings. The van der Waals surface area contributed by atoms with Crippen molar-refractivity contribution in [2.24, 2.45) is 5.73 Å². The lowest BCUT2D eigenvalue weighted by Crippen LogP contribution is -2.34. The number of ether oxygens (including phenoxy) is 2. The predicted octanol–water partition coefficient (Wildman–Crippen LogP) is 3.71. The molecule has 168 valence electrons. The lowest BCUT2D eigenvalue weighted by Gasteiger charge is -2.25. The number of aromatic nitrogens is 1. The van der Waals surface area contributed by atoms with Crippen LogP contribution in [0.2, 0.25) is 0 Å². The molecule has 0 aliphatic carbocycles. The highest BCUT2D eigenvalue weighted by atomic mass is 16.5. The van der Waals surface area contributed by atoms with Crippen LogP contribution >= 0.6 is 0 Å². The molecular weight excluding hydrogens is 404 g/mol. The molecule has 1 fully saturated rings. The molecule has 0 unspecified atom stereocenters. The fourth-order valence-electron chi connectivity index (χ4n) is 4.14. The van der Waals surface area contributed by atoms with Gasteiger partial charge in [-0.15, -0.1) is 0 Å². The van der Waals surface area contributed by atoms with Crippen molar-refractivity contribution in [2.75, 3.05) is 25.5 Å². The first kappa shape index (κ1) is 21.9. The number of nitrogens with zero attached hydrogens (tertiary/aromatic N) is 1. The van der Waals surface area contributed by atoms with E-state index in [0.717, 1.165) is 60.2 Å². The molecule has 0 saturated carbocycles. The van der Waals surface area contributed by atoms with Crippen LogP contribution in [0.4, 0.5) is 11.4 Å². The van der Waals surface area contributed by atoms with Gasteiger partial charge in [0.25, 0.3) is 0 Å². The number of rotatable bonds is 8. The number of aryl methyl sites for hydroxylation is 1. The zero-order valence-electron chi connectivity index (χ0n) is 18.6. The zero-order chi connectivity index (χ0) is 22.5. The third-order valence-corrected chi connectivity index (χ3v) is 5.83. The summed E-state index contributed by atoms with van der Waals surface area (Å²) in [7, 11) is 1.63. The fourth-order valence-corrected chi connectivity index (χ4v) is 4.14. The Morgan fingerprint density at radius 3 is 2.69 bits per heavy atom. The number of nitrogens with one attached hydrogen (secondary N) is 2. The molecule has 4 rings (SSSR count). The summed E-state index contributed by atoms with van der Waals surface area (Å²) in [6.45, 7) is 3.99. The van der Waals surface area contributed by atoms with Gasteiger partial charge in [0.1, 0.15) is 6.10 Å². The molecule has 32 heavy (non-hydrogen) atoms. The molecule has 0 bridgehead atoms. The maximum atomic E-state index is 11.8. The Labute approximate surface area is 188 Å². The van der Waals surface area contributed by atoms with Crippen molar-refractivity contribution in [3.05, 3.63) is 53.7 Å². The molecule has 4 N–H and O–H groups in total. The smallest absolute Gasteiger partial charge is 0.221 e. The minimum atomic E-state index is -0.405. The van der Waals surface area contributed by atoms with Gasteiger partial charge in [-0.1, -0.05) is 25.1 Å². The summed E-state index contributed by atoms with van der Waals surface area (Å²) in [6, 6.07) is 12.0. The van der Waals surface area contributed by atoms with E-state index in [0.29, 0.717) is 11.5 Å². The molecule has 1 aliphatic heterocycles. The summed E-state index contributed by atoms with van der Waals surface area (Å²) < 4.78 is 12.0. The molecule has 1 aliphatic rings. The molecule has 0 spiro atoms. The van der Waals surface area contributed by atoms with Gasteiger partial charge in [-0.3, -0.25) is 9.78 Å². The van der Waals surface area contributed by atoms with Gasteiger partial charge in [0.15, 0.2) is 11.5 Å². The second-order valence-corrected chi connectivity index (χ2v) is 8.02. The molecule has 1 aromatic heterocycles. The lowest BCUT2D eigenvalue weighted by atomic mass is 10.0. The normalized spacial score (nSPS) is 14.3. The molecule has 1 amide bonds. The molecule has 0 atom stereocenters. The lowest BCUT2D eigenvalue weighted by molar-refractivity contribution is -0.117. The van der Waals surface area contributed by atoms with Gasteiger partial charge in [-0.2, -0.15) is 0 Å². The Bertz CT molecular complexity index is 1110. The minimum Gasteiger partial charge on any atom is -0.493 e. The van der Waals surface area contributed by atoms with Crippen molar-refractivity contribution in [3.8, 4) is 11.5 Å². The van der Waals surface area contributed by atoms with E-state index < -0.39 is 5.91 Å². The predicted molar refractivity (Wildman–Crippen MR) is 127 cm³/mol. The van der Waals surface area contributed by atoms with Gasteiger partial charge >= 0.3 is 0 Å². The summed E-state index contributed by atoms with van der Waals surface area (Å²) in [6.07, 6.45) is 4.69. The highest BCUT2D eigenvalue weighted by molar-refractivity contribution is 5.98. The molecule has 2 aromatic carbocycles. The molecule has 7 nitrogen and oxygen atoms in total. The molecule has 0 radical (unpaired) electrons. The number of para-hydroxylation sites is 1. The van der Waals surface area contributed by atoms with E-state index in [1.807, 2.05) is 30.3 Å². The first-order chi connectivity index (χ1) is 15.6. The SMILES string of the molecule is CCc1ccccc1Nc1c(CC(N)=O)cnc2cc(OC)c(OC3CCNCC3)cc12. The van der Waals surface area contributed by atoms with Crippen molar-refractivity contribution in [3.63, 3.8) is 0 Å². The molecular formula is C25H30N4O3. The van der Waals surface area contributed by atoms with E-state index in [1.54, 1.807) is 13.3 Å². The van der Waals surface area contributed by atoms with Crippen LogP contribution < -0.4 is 25.8 Å². The van der Waals surface area contributed by atoms with Crippen molar-refractivity contribution in [2.45, 2.75) is 38.7 Å². The maximum Gasteiger partial charge on any atom is 0.221 e. The van der Waals surface area contributed by atoms with Crippen LogP contribution in [-0.4, -0.2) is 37.2 Å². The number of pyridine rings is 1. The van der Waals surface area contributed by atoms with Gasteiger partial charge in [0.2, 0.25) is 5.91 Å². The van der Waals surface area contributed by atoms with Crippen LogP contribution in [0.5, 0.6) is 11.5 Å². The second-order valence-electron chi connectivity index (χ2n) is 8.02. The summed E-state index contributed by atoms with van der Waals surface area (Å²) >= 11 is 0. The van der Waals surface area contributed by atoms with Gasteiger partial charge < -0.3 is 25.8 Å². The number of fused-ring (bicyclic) bond motifs is 1. The van der Waals surface area contributed by atoms with E-state index >= 15 is 0 Å². The van der Waals surface area contributed by atoms with E-state index in [-0.39, 0.29) is 12.5 Å². The summed E-state index contributed by atoms with van der Waals surface area (Å²) in [5.74, 6) is 0.917. The largest absolute Gasteiger partial charge is 0.493 e. The van der Waals surface area contributed by atoms with E-state index in [9.17, 15) is 4.79 Å². The number of methoxy groups -OCH3 is 1. The van der Waals surface area contributed by atoms with Crippen LogP contribution in [0.1, 0.15) is 30.9 Å². The van der Waals surface area contributed by atoms with E-state index in [1.165, 1.54) is 5.56 Å². The average molecular weight is 435 g/mol. The number of hydrogen-bond donors (Lipinski definition) is 3. The van der Waals surface area contributed by atoms with Crippen LogP contribution in [0.15, 0.2) is 42.6 Å². The van der Waals surface area contributed by atoms with Gasteiger partial charge in [-0.05, 0) is 50.0 Å². The van der Waals surface area contributed by atoms with Gasteiger partial charge in [-0.25, -0.2) is 0 Å². The Morgan fingerprint density at radius 2 is 1.97 bits per heavy atom. The van der Waals surface area contributed by atoms with Gasteiger partial charge in [0, 0.05) is 28.9 Å². The number of carbonyl (C=O) groups excluding carboxylic acids is 1. The quantitative estimate of drug-likeness (QED) is 0.500. The average Bonchev–Trinajstić information content (AvgIpc) is 2.81. The third kappa shape index (κ3) is 4.78. The van der Waals surface area contributed by atoms with Crippen molar-refractivity contribution in [1.29, 1.82) is 0 Å². The topological polar surface area (TPSA) is 98.5 Å². The fraction of sp³-hybridized carbons (Fsp3) is 0.360. The summed E-state index contributed by atoms with van der Waals surface area (Å²) in [5.41, 5.74) is 10.0. The Hall–Kier alpha value is -3.32. The highest BCUT2D eigenvalue weighted by Crippen LogP contribution is 2.38. The van der Waals surface area contributed by atoms with Gasteiger partial charge in [0.05, 0.1) is 24.7 Å². The number of primary amides is 1. The number of piperidine rings is 1. The Morgan fingerprint density at radius 1 is 1.19 bits per heavy atom. The van der Waals surface area contributed by atoms with E-state index in [2.05, 4.69) is 28.6 Å². The molecule has 7 heteroatoms. The van der Waals surface area contributed by atoms with Crippen LogP contribution in [0.25, 0.3) is 10.9 Å².